The van der Waals surface area contributed by atoms with Crippen LogP contribution in [0.2, 0.25) is 0 Å². The van der Waals surface area contributed by atoms with Crippen molar-refractivity contribution in [2.45, 2.75) is 25.2 Å². The average Bonchev–Trinajstić information content (AvgIpc) is 3.01. The third-order valence-corrected chi connectivity index (χ3v) is 6.11. The van der Waals surface area contributed by atoms with E-state index in [0.29, 0.717) is 5.69 Å². The first-order valence-electron chi connectivity index (χ1n) is 8.71. The van der Waals surface area contributed by atoms with Gasteiger partial charge in [0.05, 0.1) is 24.2 Å². The van der Waals surface area contributed by atoms with Crippen molar-refractivity contribution in [1.82, 2.24) is 4.98 Å². The predicted molar refractivity (Wildman–Crippen MR) is 114 cm³/mol. The molecule has 1 heterocycles. The lowest BCUT2D eigenvalue weighted by molar-refractivity contribution is -0.115. The van der Waals surface area contributed by atoms with Crippen molar-refractivity contribution in [3.05, 3.63) is 57.9 Å². The molecule has 0 atom stereocenters. The van der Waals surface area contributed by atoms with Crippen LogP contribution in [0.25, 0.3) is 11.3 Å². The van der Waals surface area contributed by atoms with E-state index in [1.807, 2.05) is 38.1 Å². The number of carbonyl (C=O) groups is 1. The van der Waals surface area contributed by atoms with Gasteiger partial charge in [0.15, 0.2) is 0 Å². The number of sulfonamides is 1. The third kappa shape index (κ3) is 5.00. The van der Waals surface area contributed by atoms with E-state index in [2.05, 4.69) is 10.3 Å². The Kier molecular flexibility index (Phi) is 6.02. The molecule has 3 N–H and O–H groups in total. The number of rotatable bonds is 6. The molecule has 29 heavy (non-hydrogen) atoms. The Labute approximate surface area is 173 Å². The van der Waals surface area contributed by atoms with Gasteiger partial charge < -0.3 is 10.1 Å². The van der Waals surface area contributed by atoms with Crippen LogP contribution >= 0.6 is 11.3 Å². The Morgan fingerprint density at radius 2 is 1.86 bits per heavy atom. The highest BCUT2D eigenvalue weighted by Gasteiger charge is 2.18. The highest BCUT2D eigenvalue weighted by atomic mass is 32.2. The van der Waals surface area contributed by atoms with Crippen molar-refractivity contribution < 1.29 is 17.9 Å². The van der Waals surface area contributed by atoms with Crippen LogP contribution in [0.4, 0.5) is 5.69 Å². The Morgan fingerprint density at radius 3 is 2.48 bits per heavy atom. The standard InChI is InChI=1S/C20H21N3O4S2/c1-12-4-6-14(7-5-12)20-17(28-13(2)22-20)11-19(24)23-15-8-9-16(27-3)18(10-15)29(21,25)26/h4-10H,11H2,1-3H3,(H,23,24)(H2,21,25,26). The molecule has 0 saturated carbocycles. The molecule has 1 aromatic heterocycles. The van der Waals surface area contributed by atoms with Crippen LogP contribution in [-0.4, -0.2) is 26.4 Å². The number of aryl methyl sites for hydroxylation is 2. The quantitative estimate of drug-likeness (QED) is 0.622. The van der Waals surface area contributed by atoms with Gasteiger partial charge in [-0.2, -0.15) is 0 Å². The summed E-state index contributed by atoms with van der Waals surface area (Å²) in [4.78, 5) is 17.8. The highest BCUT2D eigenvalue weighted by molar-refractivity contribution is 7.89. The molecule has 1 amide bonds. The summed E-state index contributed by atoms with van der Waals surface area (Å²) >= 11 is 1.46. The molecule has 0 fully saturated rings. The van der Waals surface area contributed by atoms with Crippen molar-refractivity contribution in [3.63, 3.8) is 0 Å². The summed E-state index contributed by atoms with van der Waals surface area (Å²) < 4.78 is 28.5. The van der Waals surface area contributed by atoms with Crippen LogP contribution < -0.4 is 15.2 Å². The number of primary sulfonamides is 1. The Hall–Kier alpha value is -2.75. The SMILES string of the molecule is COc1ccc(NC(=O)Cc2sc(C)nc2-c2ccc(C)cc2)cc1S(N)(=O)=O. The van der Waals surface area contributed by atoms with E-state index in [1.165, 1.54) is 30.6 Å². The van der Waals surface area contributed by atoms with Crippen molar-refractivity contribution in [1.29, 1.82) is 0 Å². The number of hydrogen-bond donors (Lipinski definition) is 2. The fraction of sp³-hybridized carbons (Fsp3) is 0.200. The van der Waals surface area contributed by atoms with Gasteiger partial charge >= 0.3 is 0 Å². The first kappa shape index (κ1) is 21.0. The minimum atomic E-state index is -3.99. The minimum absolute atomic E-state index is 0.116. The van der Waals surface area contributed by atoms with Crippen LogP contribution in [-0.2, 0) is 21.2 Å². The molecule has 0 spiro atoms. The van der Waals surface area contributed by atoms with Gasteiger partial charge in [0, 0.05) is 16.1 Å². The minimum Gasteiger partial charge on any atom is -0.495 e. The lowest BCUT2D eigenvalue weighted by atomic mass is 10.1. The van der Waals surface area contributed by atoms with Crippen LogP contribution in [0.1, 0.15) is 15.4 Å². The normalized spacial score (nSPS) is 11.3. The molecule has 0 bridgehead atoms. The highest BCUT2D eigenvalue weighted by Crippen LogP contribution is 2.30. The number of ether oxygens (including phenoxy) is 1. The third-order valence-electron chi connectivity index (χ3n) is 4.20. The molecule has 0 saturated heterocycles. The summed E-state index contributed by atoms with van der Waals surface area (Å²) in [6, 6.07) is 12.2. The summed E-state index contributed by atoms with van der Waals surface area (Å²) in [7, 11) is -2.64. The number of amides is 1. The summed E-state index contributed by atoms with van der Waals surface area (Å²) in [6.45, 7) is 3.90. The lowest BCUT2D eigenvalue weighted by Crippen LogP contribution is -2.17. The lowest BCUT2D eigenvalue weighted by Gasteiger charge is -2.10. The van der Waals surface area contributed by atoms with Gasteiger partial charge in [-0.05, 0) is 32.0 Å². The molecule has 7 nitrogen and oxygen atoms in total. The van der Waals surface area contributed by atoms with E-state index >= 15 is 0 Å². The Morgan fingerprint density at radius 1 is 1.17 bits per heavy atom. The van der Waals surface area contributed by atoms with Crippen molar-refractivity contribution in [2.24, 2.45) is 5.14 Å². The fourth-order valence-electron chi connectivity index (χ4n) is 2.85. The van der Waals surface area contributed by atoms with Crippen LogP contribution in [0.5, 0.6) is 5.75 Å². The van der Waals surface area contributed by atoms with Gasteiger partial charge in [0.2, 0.25) is 15.9 Å². The number of hydrogen-bond acceptors (Lipinski definition) is 6. The van der Waals surface area contributed by atoms with Crippen molar-refractivity contribution >= 4 is 33.0 Å². The van der Waals surface area contributed by atoms with Gasteiger partial charge in [0.25, 0.3) is 0 Å². The maximum absolute atomic E-state index is 12.6. The number of carbonyl (C=O) groups excluding carboxylic acids is 1. The molecule has 9 heteroatoms. The second-order valence-electron chi connectivity index (χ2n) is 6.51. The first-order valence-corrected chi connectivity index (χ1v) is 11.1. The van der Waals surface area contributed by atoms with Crippen LogP contribution in [0.15, 0.2) is 47.4 Å². The van der Waals surface area contributed by atoms with Gasteiger partial charge in [-0.25, -0.2) is 18.5 Å². The summed E-state index contributed by atoms with van der Waals surface area (Å²) in [5.41, 5.74) is 3.19. The van der Waals surface area contributed by atoms with Gasteiger partial charge in [-0.3, -0.25) is 4.79 Å². The molecule has 3 rings (SSSR count). The van der Waals surface area contributed by atoms with E-state index in [4.69, 9.17) is 9.88 Å². The van der Waals surface area contributed by atoms with Crippen molar-refractivity contribution in [3.8, 4) is 17.0 Å². The molecule has 3 aromatic rings. The number of nitrogens with zero attached hydrogens (tertiary/aromatic N) is 1. The molecule has 0 unspecified atom stereocenters. The van der Waals surface area contributed by atoms with Crippen LogP contribution in [0, 0.1) is 13.8 Å². The zero-order chi connectivity index (χ0) is 21.2. The maximum atomic E-state index is 12.6. The first-order chi connectivity index (χ1) is 13.7. The molecule has 0 aliphatic carbocycles. The Balaban J connectivity index is 1.83. The number of anilines is 1. The number of aromatic nitrogens is 1. The number of nitrogens with two attached hydrogens (primary N) is 1. The van der Waals surface area contributed by atoms with E-state index in [-0.39, 0.29) is 23.0 Å². The molecular weight excluding hydrogens is 410 g/mol. The summed E-state index contributed by atoms with van der Waals surface area (Å²) in [5, 5.41) is 8.81. The fourth-order valence-corrected chi connectivity index (χ4v) is 4.53. The molecule has 152 valence electrons. The van der Waals surface area contributed by atoms with Crippen LogP contribution in [0.3, 0.4) is 0 Å². The maximum Gasteiger partial charge on any atom is 0.241 e. The molecule has 2 aromatic carbocycles. The van der Waals surface area contributed by atoms with E-state index in [0.717, 1.165) is 26.7 Å². The second kappa shape index (κ2) is 8.32. The smallest absolute Gasteiger partial charge is 0.241 e. The van der Waals surface area contributed by atoms with Crippen molar-refractivity contribution in [2.75, 3.05) is 12.4 Å². The average molecular weight is 432 g/mol. The molecule has 0 aliphatic heterocycles. The molecule has 0 aliphatic rings. The van der Waals surface area contributed by atoms with E-state index in [9.17, 15) is 13.2 Å². The monoisotopic (exact) mass is 431 g/mol. The second-order valence-corrected chi connectivity index (χ2v) is 9.32. The Bertz CT molecular complexity index is 1150. The molecular formula is C20H21N3O4S2. The number of benzene rings is 2. The number of methoxy groups -OCH3 is 1. The predicted octanol–water partition coefficient (Wildman–Crippen LogP) is 3.26. The number of thiazole rings is 1. The zero-order valence-electron chi connectivity index (χ0n) is 16.2. The molecule has 0 radical (unpaired) electrons. The summed E-state index contributed by atoms with van der Waals surface area (Å²) in [6.07, 6.45) is 0.117. The van der Waals surface area contributed by atoms with Gasteiger partial charge in [-0.1, -0.05) is 29.8 Å². The largest absolute Gasteiger partial charge is 0.495 e. The zero-order valence-corrected chi connectivity index (χ0v) is 17.9. The topological polar surface area (TPSA) is 111 Å². The number of nitrogens with one attached hydrogen (secondary N) is 1. The summed E-state index contributed by atoms with van der Waals surface area (Å²) in [5.74, 6) is -0.169. The van der Waals surface area contributed by atoms with Gasteiger partial charge in [0.1, 0.15) is 10.6 Å². The van der Waals surface area contributed by atoms with Gasteiger partial charge in [-0.15, -0.1) is 11.3 Å². The van der Waals surface area contributed by atoms with E-state index in [1.54, 1.807) is 6.07 Å². The van der Waals surface area contributed by atoms with E-state index < -0.39 is 10.0 Å².